The highest BCUT2D eigenvalue weighted by Crippen LogP contribution is 2.24. The standard InChI is InChI=1S/C14H14O3/c1-9(8-15)6-10-7-13(16)11-4-2-3-5-12(11)14(10)17/h2-5,7,9,15H,6,8H2,1H3/t9-/m1/s1. The minimum atomic E-state index is -0.125. The van der Waals surface area contributed by atoms with Gasteiger partial charge in [0.2, 0.25) is 0 Å². The van der Waals surface area contributed by atoms with Crippen LogP contribution in [0.15, 0.2) is 35.9 Å². The average molecular weight is 230 g/mol. The second kappa shape index (κ2) is 4.63. The Balaban J connectivity index is 2.35. The molecule has 1 aliphatic rings. The van der Waals surface area contributed by atoms with Crippen LogP contribution in [-0.2, 0) is 0 Å². The van der Waals surface area contributed by atoms with Crippen molar-refractivity contribution in [3.63, 3.8) is 0 Å². The number of benzene rings is 1. The van der Waals surface area contributed by atoms with Crippen LogP contribution in [0.25, 0.3) is 0 Å². The van der Waals surface area contributed by atoms with Gasteiger partial charge in [-0.05, 0) is 18.4 Å². The highest BCUT2D eigenvalue weighted by Gasteiger charge is 2.25. The fourth-order valence-electron chi connectivity index (χ4n) is 1.96. The van der Waals surface area contributed by atoms with Gasteiger partial charge in [-0.2, -0.15) is 0 Å². The van der Waals surface area contributed by atoms with Crippen molar-refractivity contribution in [3.8, 4) is 0 Å². The molecule has 3 heteroatoms. The quantitative estimate of drug-likeness (QED) is 0.864. The molecule has 17 heavy (non-hydrogen) atoms. The van der Waals surface area contributed by atoms with E-state index in [0.29, 0.717) is 23.1 Å². The van der Waals surface area contributed by atoms with Crippen LogP contribution in [-0.4, -0.2) is 23.3 Å². The number of hydrogen-bond donors (Lipinski definition) is 1. The van der Waals surface area contributed by atoms with Crippen LogP contribution in [0.1, 0.15) is 34.1 Å². The minimum Gasteiger partial charge on any atom is -0.396 e. The van der Waals surface area contributed by atoms with E-state index in [1.54, 1.807) is 24.3 Å². The Hall–Kier alpha value is -1.74. The molecule has 0 fully saturated rings. The molecule has 3 nitrogen and oxygen atoms in total. The molecule has 0 saturated carbocycles. The van der Waals surface area contributed by atoms with Gasteiger partial charge in [-0.1, -0.05) is 31.2 Å². The van der Waals surface area contributed by atoms with E-state index in [1.165, 1.54) is 6.08 Å². The third-order valence-electron chi connectivity index (χ3n) is 2.91. The Labute approximate surface area is 99.8 Å². The minimum absolute atomic E-state index is 0.0109. The van der Waals surface area contributed by atoms with E-state index in [-0.39, 0.29) is 24.1 Å². The molecule has 0 amide bonds. The second-order valence-electron chi connectivity index (χ2n) is 4.40. The van der Waals surface area contributed by atoms with Gasteiger partial charge in [0, 0.05) is 23.3 Å². The zero-order valence-corrected chi connectivity index (χ0v) is 9.64. The smallest absolute Gasteiger partial charge is 0.189 e. The number of rotatable bonds is 3. The van der Waals surface area contributed by atoms with Gasteiger partial charge >= 0.3 is 0 Å². The van der Waals surface area contributed by atoms with Crippen LogP contribution in [0, 0.1) is 5.92 Å². The number of hydrogen-bond acceptors (Lipinski definition) is 3. The Morgan fingerprint density at radius 2 is 1.82 bits per heavy atom. The maximum Gasteiger partial charge on any atom is 0.189 e. The molecule has 1 aromatic rings. The van der Waals surface area contributed by atoms with E-state index < -0.39 is 0 Å². The highest BCUT2D eigenvalue weighted by molar-refractivity contribution is 6.24. The SMILES string of the molecule is C[C@@H](CO)CC1=CC(=O)c2ccccc2C1=O. The van der Waals surface area contributed by atoms with Crippen molar-refractivity contribution < 1.29 is 14.7 Å². The average Bonchev–Trinajstić information content (AvgIpc) is 2.35. The van der Waals surface area contributed by atoms with Crippen molar-refractivity contribution in [2.75, 3.05) is 6.61 Å². The lowest BCUT2D eigenvalue weighted by molar-refractivity contribution is 0.0977. The lowest BCUT2D eigenvalue weighted by Crippen LogP contribution is -2.19. The van der Waals surface area contributed by atoms with Crippen LogP contribution in [0.2, 0.25) is 0 Å². The van der Waals surface area contributed by atoms with Crippen LogP contribution < -0.4 is 0 Å². The van der Waals surface area contributed by atoms with Crippen molar-refractivity contribution in [2.45, 2.75) is 13.3 Å². The number of fused-ring (bicyclic) bond motifs is 1. The fraction of sp³-hybridized carbons (Fsp3) is 0.286. The van der Waals surface area contributed by atoms with Crippen LogP contribution in [0.5, 0.6) is 0 Å². The molecule has 0 radical (unpaired) electrons. The summed E-state index contributed by atoms with van der Waals surface area (Å²) < 4.78 is 0. The van der Waals surface area contributed by atoms with Crippen LogP contribution >= 0.6 is 0 Å². The first-order valence-corrected chi connectivity index (χ1v) is 5.63. The van der Waals surface area contributed by atoms with E-state index in [0.717, 1.165) is 0 Å². The Bertz CT molecular complexity index is 500. The molecule has 0 aliphatic heterocycles. The van der Waals surface area contributed by atoms with Crippen LogP contribution in [0.3, 0.4) is 0 Å². The number of carbonyl (C=O) groups excluding carboxylic acids is 2. The molecule has 88 valence electrons. The molecule has 0 saturated heterocycles. The molecule has 0 heterocycles. The summed E-state index contributed by atoms with van der Waals surface area (Å²) in [5.74, 6) is -0.232. The van der Waals surface area contributed by atoms with Gasteiger partial charge in [0.1, 0.15) is 0 Å². The van der Waals surface area contributed by atoms with E-state index in [4.69, 9.17) is 5.11 Å². The lowest BCUT2D eigenvalue weighted by Gasteiger charge is -2.16. The fourth-order valence-corrected chi connectivity index (χ4v) is 1.96. The van der Waals surface area contributed by atoms with Gasteiger partial charge in [-0.25, -0.2) is 0 Å². The van der Waals surface area contributed by atoms with E-state index in [1.807, 2.05) is 6.92 Å². The van der Waals surface area contributed by atoms with Crippen molar-refractivity contribution in [3.05, 3.63) is 47.0 Å². The number of ketones is 2. The van der Waals surface area contributed by atoms with E-state index in [2.05, 4.69) is 0 Å². The van der Waals surface area contributed by atoms with Gasteiger partial charge < -0.3 is 5.11 Å². The molecule has 0 bridgehead atoms. The summed E-state index contributed by atoms with van der Waals surface area (Å²) in [5, 5.41) is 8.99. The van der Waals surface area contributed by atoms with Crippen molar-refractivity contribution in [1.82, 2.24) is 0 Å². The number of allylic oxidation sites excluding steroid dienone is 2. The maximum atomic E-state index is 12.1. The Morgan fingerprint density at radius 3 is 2.47 bits per heavy atom. The number of Topliss-reactive ketones (excluding diaryl/α,β-unsaturated/α-hetero) is 1. The summed E-state index contributed by atoms with van der Waals surface area (Å²) >= 11 is 0. The molecule has 1 atom stereocenters. The first-order valence-electron chi connectivity index (χ1n) is 5.63. The van der Waals surface area contributed by atoms with Crippen molar-refractivity contribution in [2.24, 2.45) is 5.92 Å². The summed E-state index contributed by atoms with van der Waals surface area (Å²) in [6.07, 6.45) is 1.84. The predicted molar refractivity (Wildman–Crippen MR) is 64.1 cm³/mol. The van der Waals surface area contributed by atoms with E-state index >= 15 is 0 Å². The number of aliphatic hydroxyl groups excluding tert-OH is 1. The second-order valence-corrected chi connectivity index (χ2v) is 4.40. The Kier molecular flexibility index (Phi) is 3.20. The zero-order valence-electron chi connectivity index (χ0n) is 9.64. The van der Waals surface area contributed by atoms with Gasteiger partial charge in [-0.3, -0.25) is 9.59 Å². The first kappa shape index (κ1) is 11.7. The third-order valence-corrected chi connectivity index (χ3v) is 2.91. The summed E-state index contributed by atoms with van der Waals surface area (Å²) in [6.45, 7) is 1.86. The molecule has 0 unspecified atom stereocenters. The molecule has 1 aromatic carbocycles. The largest absolute Gasteiger partial charge is 0.396 e. The highest BCUT2D eigenvalue weighted by atomic mass is 16.3. The number of carbonyl (C=O) groups is 2. The van der Waals surface area contributed by atoms with Crippen LogP contribution in [0.4, 0.5) is 0 Å². The summed E-state index contributed by atoms with van der Waals surface area (Å²) in [6, 6.07) is 6.84. The molecule has 0 spiro atoms. The first-order chi connectivity index (χ1) is 8.13. The van der Waals surface area contributed by atoms with Gasteiger partial charge in [0.05, 0.1) is 0 Å². The molecular weight excluding hydrogens is 216 g/mol. The monoisotopic (exact) mass is 230 g/mol. The number of aliphatic hydroxyl groups is 1. The maximum absolute atomic E-state index is 12.1. The molecular formula is C14H14O3. The molecule has 0 aromatic heterocycles. The zero-order chi connectivity index (χ0) is 12.4. The lowest BCUT2D eigenvalue weighted by atomic mass is 9.86. The molecule has 2 rings (SSSR count). The van der Waals surface area contributed by atoms with Gasteiger partial charge in [-0.15, -0.1) is 0 Å². The summed E-state index contributed by atoms with van der Waals surface area (Å²) in [7, 11) is 0. The van der Waals surface area contributed by atoms with Crippen molar-refractivity contribution >= 4 is 11.6 Å². The summed E-state index contributed by atoms with van der Waals surface area (Å²) in [5.41, 5.74) is 1.44. The normalized spacial score (nSPS) is 16.5. The molecule has 1 aliphatic carbocycles. The van der Waals surface area contributed by atoms with Crippen molar-refractivity contribution in [1.29, 1.82) is 0 Å². The topological polar surface area (TPSA) is 54.4 Å². The Morgan fingerprint density at radius 1 is 1.18 bits per heavy atom. The predicted octanol–water partition coefficient (Wildman–Crippen LogP) is 2.01. The summed E-state index contributed by atoms with van der Waals surface area (Å²) in [4.78, 5) is 23.9. The molecule has 1 N–H and O–H groups in total. The third kappa shape index (κ3) is 2.19. The van der Waals surface area contributed by atoms with Gasteiger partial charge in [0.25, 0.3) is 0 Å². The van der Waals surface area contributed by atoms with E-state index in [9.17, 15) is 9.59 Å². The van der Waals surface area contributed by atoms with Gasteiger partial charge in [0.15, 0.2) is 11.6 Å².